The van der Waals surface area contributed by atoms with E-state index in [0.717, 1.165) is 55.9 Å². The van der Waals surface area contributed by atoms with Crippen LogP contribution in [0.3, 0.4) is 0 Å². The first-order valence-corrected chi connectivity index (χ1v) is 10.3. The molecule has 0 aliphatic rings. The summed E-state index contributed by atoms with van der Waals surface area (Å²) in [6.07, 6.45) is 1.82. The highest BCUT2D eigenvalue weighted by molar-refractivity contribution is 6.04. The van der Waals surface area contributed by atoms with Gasteiger partial charge in [0.15, 0.2) is 0 Å². The Kier molecular flexibility index (Phi) is 4.99. The molecule has 0 fully saturated rings. The average molecular weight is 425 g/mol. The lowest BCUT2D eigenvalue weighted by Crippen LogP contribution is -1.98. The maximum Gasteiger partial charge on any atom is 0.124 e. The number of fused-ring (bicyclic) bond motifs is 3. The highest BCUT2D eigenvalue weighted by atomic mass is 16.5. The summed E-state index contributed by atoms with van der Waals surface area (Å²) in [5.74, 6) is 2.37. The zero-order chi connectivity index (χ0) is 22.2. The molecule has 2 aromatic heterocycles. The molecule has 0 saturated heterocycles. The zero-order valence-corrected chi connectivity index (χ0v) is 18.2. The predicted octanol–water partition coefficient (Wildman–Crippen LogP) is 5.06. The molecule has 0 unspecified atom stereocenters. The topological polar surface area (TPSA) is 69.4 Å². The largest absolute Gasteiger partial charge is 0.497 e. The van der Waals surface area contributed by atoms with E-state index < -0.39 is 0 Å². The molecule has 0 saturated carbocycles. The third-order valence-corrected chi connectivity index (χ3v) is 5.76. The Balaban J connectivity index is 1.74. The SMILES string of the molecule is COc1ccc(-n2c(C)nc3cnc4ccc(-c5ccc(OC)c(CO)c5)cc4c32)cc1. The molecule has 0 amide bonds. The maximum absolute atomic E-state index is 9.73. The van der Waals surface area contributed by atoms with E-state index in [1.807, 2.05) is 67.7 Å². The molecule has 5 rings (SSSR count). The predicted molar refractivity (Wildman–Crippen MR) is 126 cm³/mol. The first-order valence-electron chi connectivity index (χ1n) is 10.3. The van der Waals surface area contributed by atoms with Crippen LogP contribution in [0.25, 0.3) is 38.8 Å². The fourth-order valence-electron chi connectivity index (χ4n) is 4.18. The van der Waals surface area contributed by atoms with E-state index >= 15 is 0 Å². The van der Waals surface area contributed by atoms with E-state index in [4.69, 9.17) is 14.5 Å². The summed E-state index contributed by atoms with van der Waals surface area (Å²) in [6.45, 7) is 1.91. The molecule has 2 heterocycles. The number of methoxy groups -OCH3 is 2. The molecule has 32 heavy (non-hydrogen) atoms. The van der Waals surface area contributed by atoms with Crippen LogP contribution in [0.2, 0.25) is 0 Å². The minimum absolute atomic E-state index is 0.0835. The van der Waals surface area contributed by atoms with Crippen LogP contribution in [0.5, 0.6) is 11.5 Å². The Bertz CT molecular complexity index is 1440. The maximum atomic E-state index is 9.73. The van der Waals surface area contributed by atoms with Gasteiger partial charge in [-0.15, -0.1) is 0 Å². The number of hydrogen-bond acceptors (Lipinski definition) is 5. The molecule has 5 aromatic rings. The molecule has 0 atom stereocenters. The molecule has 6 heteroatoms. The second-order valence-corrected chi connectivity index (χ2v) is 7.60. The lowest BCUT2D eigenvalue weighted by molar-refractivity contribution is 0.274. The summed E-state index contributed by atoms with van der Waals surface area (Å²) < 4.78 is 12.8. The van der Waals surface area contributed by atoms with Crippen LogP contribution in [0.15, 0.2) is 66.9 Å². The Labute approximate surface area is 185 Å². The molecule has 3 aromatic carbocycles. The summed E-state index contributed by atoms with van der Waals surface area (Å²) in [7, 11) is 3.27. The third-order valence-electron chi connectivity index (χ3n) is 5.76. The summed E-state index contributed by atoms with van der Waals surface area (Å²) >= 11 is 0. The van der Waals surface area contributed by atoms with Crippen molar-refractivity contribution in [3.05, 3.63) is 78.2 Å². The molecule has 0 bridgehead atoms. The van der Waals surface area contributed by atoms with Gasteiger partial charge in [0, 0.05) is 16.6 Å². The van der Waals surface area contributed by atoms with Crippen molar-refractivity contribution in [1.29, 1.82) is 0 Å². The van der Waals surface area contributed by atoms with Gasteiger partial charge in [-0.05, 0) is 66.6 Å². The van der Waals surface area contributed by atoms with Gasteiger partial charge in [0.1, 0.15) is 22.8 Å². The number of rotatable bonds is 5. The number of aromatic nitrogens is 3. The van der Waals surface area contributed by atoms with Gasteiger partial charge < -0.3 is 14.6 Å². The van der Waals surface area contributed by atoms with Crippen LogP contribution in [0, 0.1) is 6.92 Å². The second-order valence-electron chi connectivity index (χ2n) is 7.60. The highest BCUT2D eigenvalue weighted by Crippen LogP contribution is 2.33. The van der Waals surface area contributed by atoms with Crippen molar-refractivity contribution in [2.75, 3.05) is 14.2 Å². The molecule has 0 aliphatic heterocycles. The van der Waals surface area contributed by atoms with E-state index in [-0.39, 0.29) is 6.61 Å². The number of imidazole rings is 1. The lowest BCUT2D eigenvalue weighted by atomic mass is 10.0. The smallest absolute Gasteiger partial charge is 0.124 e. The van der Waals surface area contributed by atoms with Crippen molar-refractivity contribution < 1.29 is 14.6 Å². The van der Waals surface area contributed by atoms with Gasteiger partial charge in [-0.1, -0.05) is 12.1 Å². The van der Waals surface area contributed by atoms with E-state index in [1.165, 1.54) is 0 Å². The number of hydrogen-bond donors (Lipinski definition) is 1. The summed E-state index contributed by atoms with van der Waals surface area (Å²) in [5.41, 5.74) is 6.54. The number of ether oxygens (including phenoxy) is 2. The van der Waals surface area contributed by atoms with Crippen LogP contribution in [-0.4, -0.2) is 33.9 Å². The van der Waals surface area contributed by atoms with Crippen molar-refractivity contribution in [2.45, 2.75) is 13.5 Å². The van der Waals surface area contributed by atoms with Crippen LogP contribution >= 0.6 is 0 Å². The minimum Gasteiger partial charge on any atom is -0.497 e. The number of aliphatic hydroxyl groups excluding tert-OH is 1. The Morgan fingerprint density at radius 3 is 2.34 bits per heavy atom. The van der Waals surface area contributed by atoms with Gasteiger partial charge in [0.2, 0.25) is 0 Å². The lowest BCUT2D eigenvalue weighted by Gasteiger charge is -2.12. The molecule has 1 N–H and O–H groups in total. The first kappa shape index (κ1) is 20.0. The average Bonchev–Trinajstić information content (AvgIpc) is 3.19. The van der Waals surface area contributed by atoms with Crippen LogP contribution < -0.4 is 9.47 Å². The summed E-state index contributed by atoms with van der Waals surface area (Å²) in [6, 6.07) is 20.0. The molecule has 6 nitrogen and oxygen atoms in total. The first-order chi connectivity index (χ1) is 15.6. The van der Waals surface area contributed by atoms with E-state index in [1.54, 1.807) is 14.2 Å². The number of aliphatic hydroxyl groups is 1. The number of pyridine rings is 1. The Morgan fingerprint density at radius 1 is 0.875 bits per heavy atom. The summed E-state index contributed by atoms with van der Waals surface area (Å²) in [4.78, 5) is 9.38. The summed E-state index contributed by atoms with van der Waals surface area (Å²) in [5, 5.41) is 10.7. The van der Waals surface area contributed by atoms with E-state index in [9.17, 15) is 5.11 Å². The minimum atomic E-state index is -0.0835. The standard InChI is InChI=1S/C26H23N3O3/c1-16-28-24-14-27-23-10-4-18(17-5-11-25(32-3)19(12-17)15-30)13-22(23)26(24)29(16)20-6-8-21(31-2)9-7-20/h4-14,30H,15H2,1-3H3. The molecule has 0 radical (unpaired) electrons. The van der Waals surface area contributed by atoms with Gasteiger partial charge in [0.05, 0.1) is 38.1 Å². The van der Waals surface area contributed by atoms with Crippen molar-refractivity contribution in [2.24, 2.45) is 0 Å². The Morgan fingerprint density at radius 2 is 1.62 bits per heavy atom. The van der Waals surface area contributed by atoms with E-state index in [2.05, 4.69) is 15.6 Å². The molecule has 0 aliphatic carbocycles. The van der Waals surface area contributed by atoms with Crippen molar-refractivity contribution in [1.82, 2.24) is 14.5 Å². The van der Waals surface area contributed by atoms with Crippen molar-refractivity contribution >= 4 is 21.9 Å². The quantitative estimate of drug-likeness (QED) is 0.426. The third kappa shape index (κ3) is 3.25. The molecule has 160 valence electrons. The van der Waals surface area contributed by atoms with Crippen LogP contribution in [0.1, 0.15) is 11.4 Å². The van der Waals surface area contributed by atoms with Gasteiger partial charge in [-0.2, -0.15) is 0 Å². The van der Waals surface area contributed by atoms with Crippen molar-refractivity contribution in [3.8, 4) is 28.3 Å². The van der Waals surface area contributed by atoms with Gasteiger partial charge >= 0.3 is 0 Å². The monoisotopic (exact) mass is 425 g/mol. The number of nitrogens with zero attached hydrogens (tertiary/aromatic N) is 3. The number of benzene rings is 3. The normalized spacial score (nSPS) is 11.2. The fraction of sp³-hybridized carbons (Fsp3) is 0.154. The molecular weight excluding hydrogens is 402 g/mol. The Hall–Kier alpha value is -3.90. The zero-order valence-electron chi connectivity index (χ0n) is 18.2. The molecular formula is C26H23N3O3. The fourth-order valence-corrected chi connectivity index (χ4v) is 4.18. The van der Waals surface area contributed by atoms with Gasteiger partial charge in [-0.25, -0.2) is 4.98 Å². The van der Waals surface area contributed by atoms with Gasteiger partial charge in [-0.3, -0.25) is 9.55 Å². The highest BCUT2D eigenvalue weighted by Gasteiger charge is 2.15. The van der Waals surface area contributed by atoms with Crippen molar-refractivity contribution in [3.63, 3.8) is 0 Å². The second kappa shape index (κ2) is 7.98. The molecule has 0 spiro atoms. The number of aryl methyl sites for hydroxylation is 1. The van der Waals surface area contributed by atoms with Crippen LogP contribution in [0.4, 0.5) is 0 Å². The van der Waals surface area contributed by atoms with Crippen LogP contribution in [-0.2, 0) is 6.61 Å². The van der Waals surface area contributed by atoms with Gasteiger partial charge in [0.25, 0.3) is 0 Å². The van der Waals surface area contributed by atoms with E-state index in [0.29, 0.717) is 5.75 Å².